The molecule has 0 radical (unpaired) electrons. The van der Waals surface area contributed by atoms with Gasteiger partial charge in [-0.1, -0.05) is 12.1 Å². The monoisotopic (exact) mass is 354 g/mol. The highest BCUT2D eigenvalue weighted by Crippen LogP contribution is 2.12. The Kier molecular flexibility index (Phi) is 5.77. The predicted molar refractivity (Wildman–Crippen MR) is 99.4 cm³/mol. The summed E-state index contributed by atoms with van der Waals surface area (Å²) in [4.78, 5) is 35.0. The van der Waals surface area contributed by atoms with Crippen molar-refractivity contribution in [1.29, 1.82) is 0 Å². The summed E-state index contributed by atoms with van der Waals surface area (Å²) in [7, 11) is 0. The Morgan fingerprint density at radius 1 is 0.885 bits per heavy atom. The van der Waals surface area contributed by atoms with E-state index in [1.165, 1.54) is 12.1 Å². The first-order valence-electron chi connectivity index (χ1n) is 8.19. The Bertz CT molecular complexity index is 803. The van der Waals surface area contributed by atoms with Gasteiger partial charge in [-0.3, -0.25) is 9.59 Å². The van der Waals surface area contributed by atoms with Crippen LogP contribution >= 0.6 is 0 Å². The normalized spacial score (nSPS) is 10.9. The second-order valence-corrected chi connectivity index (χ2v) is 7.01. The van der Waals surface area contributed by atoms with Gasteiger partial charge in [-0.15, -0.1) is 0 Å². The molecule has 0 atom stereocenters. The zero-order chi connectivity index (χ0) is 19.3. The molecule has 0 saturated heterocycles. The first kappa shape index (κ1) is 19.2. The van der Waals surface area contributed by atoms with E-state index >= 15 is 0 Å². The molecule has 0 spiro atoms. The fourth-order valence-corrected chi connectivity index (χ4v) is 2.27. The molecule has 0 aliphatic rings. The second kappa shape index (κ2) is 7.82. The average Bonchev–Trinajstić information content (AvgIpc) is 2.54. The van der Waals surface area contributed by atoms with Gasteiger partial charge in [0.25, 0.3) is 5.91 Å². The summed E-state index contributed by atoms with van der Waals surface area (Å²) in [5.74, 6) is -1.40. The number of carbonyl (C=O) groups is 3. The van der Waals surface area contributed by atoms with Crippen LogP contribution in [0.5, 0.6) is 0 Å². The molecule has 0 bridgehead atoms. The zero-order valence-corrected chi connectivity index (χ0v) is 15.0. The van der Waals surface area contributed by atoms with Crippen LogP contribution in [0.25, 0.3) is 0 Å². The van der Waals surface area contributed by atoms with Gasteiger partial charge in [0.1, 0.15) is 0 Å². The molecule has 6 heteroatoms. The van der Waals surface area contributed by atoms with Gasteiger partial charge in [0.05, 0.1) is 12.0 Å². The Morgan fingerprint density at radius 2 is 1.42 bits per heavy atom. The van der Waals surface area contributed by atoms with E-state index in [-0.39, 0.29) is 29.3 Å². The van der Waals surface area contributed by atoms with E-state index in [0.717, 1.165) is 0 Å². The number of amides is 2. The third-order valence-electron chi connectivity index (χ3n) is 3.48. The molecule has 0 unspecified atom stereocenters. The molecule has 2 rings (SSSR count). The van der Waals surface area contributed by atoms with Gasteiger partial charge in [-0.25, -0.2) is 4.79 Å². The van der Waals surface area contributed by atoms with E-state index in [4.69, 9.17) is 5.11 Å². The summed E-state index contributed by atoms with van der Waals surface area (Å²) in [5.41, 5.74) is 1.68. The minimum Gasteiger partial charge on any atom is -0.478 e. The zero-order valence-electron chi connectivity index (χ0n) is 15.0. The lowest BCUT2D eigenvalue weighted by atomic mass is 10.1. The lowest BCUT2D eigenvalue weighted by molar-refractivity contribution is -0.115. The molecule has 0 aliphatic carbocycles. The quantitative estimate of drug-likeness (QED) is 0.769. The van der Waals surface area contributed by atoms with Gasteiger partial charge in [0, 0.05) is 16.8 Å². The molecule has 2 aromatic rings. The van der Waals surface area contributed by atoms with Crippen LogP contribution in [-0.2, 0) is 11.2 Å². The van der Waals surface area contributed by atoms with E-state index < -0.39 is 5.97 Å². The van der Waals surface area contributed by atoms with E-state index in [9.17, 15) is 14.4 Å². The Morgan fingerprint density at radius 3 is 1.92 bits per heavy atom. The lowest BCUT2D eigenvalue weighted by Gasteiger charge is -2.20. The summed E-state index contributed by atoms with van der Waals surface area (Å²) in [6, 6.07) is 12.8. The maximum Gasteiger partial charge on any atom is 0.335 e. The lowest BCUT2D eigenvalue weighted by Crippen LogP contribution is -2.40. The number of hydrogen-bond acceptors (Lipinski definition) is 3. The van der Waals surface area contributed by atoms with Crippen LogP contribution in [-0.4, -0.2) is 28.4 Å². The molecular weight excluding hydrogens is 332 g/mol. The highest BCUT2D eigenvalue weighted by molar-refractivity contribution is 5.96. The summed E-state index contributed by atoms with van der Waals surface area (Å²) >= 11 is 0. The Labute approximate surface area is 152 Å². The molecule has 0 aromatic heterocycles. The standard InChI is InChI=1S/C20H22N2O4/c1-20(2,3)22-18(24)14-8-10-16(11-9-14)21-17(23)12-13-4-6-15(7-5-13)19(25)26/h4-11H,12H2,1-3H3,(H,21,23)(H,22,24)(H,25,26). The van der Waals surface area contributed by atoms with Gasteiger partial charge < -0.3 is 15.7 Å². The molecule has 0 fully saturated rings. The number of aromatic carboxylic acids is 1. The topological polar surface area (TPSA) is 95.5 Å². The van der Waals surface area contributed by atoms with Crippen LogP contribution < -0.4 is 10.6 Å². The van der Waals surface area contributed by atoms with Crippen LogP contribution in [0.4, 0.5) is 5.69 Å². The van der Waals surface area contributed by atoms with Crippen molar-refractivity contribution in [3.05, 3.63) is 65.2 Å². The molecule has 2 amide bonds. The second-order valence-electron chi connectivity index (χ2n) is 7.01. The highest BCUT2D eigenvalue weighted by atomic mass is 16.4. The van der Waals surface area contributed by atoms with Crippen molar-refractivity contribution in [2.24, 2.45) is 0 Å². The molecule has 0 saturated carbocycles. The number of hydrogen-bond donors (Lipinski definition) is 3. The van der Waals surface area contributed by atoms with Crippen molar-refractivity contribution in [1.82, 2.24) is 5.32 Å². The van der Waals surface area contributed by atoms with Gasteiger partial charge in [-0.2, -0.15) is 0 Å². The molecule has 6 nitrogen and oxygen atoms in total. The minimum absolute atomic E-state index is 0.131. The highest BCUT2D eigenvalue weighted by Gasteiger charge is 2.15. The molecule has 26 heavy (non-hydrogen) atoms. The van der Waals surface area contributed by atoms with Crippen LogP contribution in [0.15, 0.2) is 48.5 Å². The summed E-state index contributed by atoms with van der Waals surface area (Å²) in [6.07, 6.45) is 0.131. The van der Waals surface area contributed by atoms with E-state index in [2.05, 4.69) is 10.6 Å². The Balaban J connectivity index is 1.94. The number of rotatable bonds is 5. The van der Waals surface area contributed by atoms with Crippen LogP contribution in [0, 0.1) is 0 Å². The molecular formula is C20H22N2O4. The van der Waals surface area contributed by atoms with Crippen molar-refractivity contribution in [3.8, 4) is 0 Å². The number of nitrogens with one attached hydrogen (secondary N) is 2. The molecule has 0 heterocycles. The van der Waals surface area contributed by atoms with Crippen molar-refractivity contribution >= 4 is 23.5 Å². The molecule has 136 valence electrons. The van der Waals surface area contributed by atoms with Crippen molar-refractivity contribution in [2.75, 3.05) is 5.32 Å². The minimum atomic E-state index is -1.00. The van der Waals surface area contributed by atoms with Gasteiger partial charge in [0.15, 0.2) is 0 Å². The number of carboxylic acids is 1. The molecule has 3 N–H and O–H groups in total. The third kappa shape index (κ3) is 5.73. The largest absolute Gasteiger partial charge is 0.478 e. The van der Waals surface area contributed by atoms with Crippen molar-refractivity contribution in [3.63, 3.8) is 0 Å². The first-order valence-corrected chi connectivity index (χ1v) is 8.19. The fraction of sp³-hybridized carbons (Fsp3) is 0.250. The number of anilines is 1. The smallest absolute Gasteiger partial charge is 0.335 e. The van der Waals surface area contributed by atoms with Gasteiger partial charge in [0.2, 0.25) is 5.91 Å². The Hall–Kier alpha value is -3.15. The van der Waals surface area contributed by atoms with Crippen LogP contribution in [0.1, 0.15) is 47.1 Å². The molecule has 2 aromatic carbocycles. The fourth-order valence-electron chi connectivity index (χ4n) is 2.27. The predicted octanol–water partition coefficient (Wildman–Crippen LogP) is 3.09. The maximum atomic E-state index is 12.1. The van der Waals surface area contributed by atoms with Crippen molar-refractivity contribution in [2.45, 2.75) is 32.7 Å². The average molecular weight is 354 g/mol. The summed E-state index contributed by atoms with van der Waals surface area (Å²) in [6.45, 7) is 5.72. The number of carboxylic acid groups (broad SMARTS) is 1. The number of carbonyl (C=O) groups excluding carboxylic acids is 2. The third-order valence-corrected chi connectivity index (χ3v) is 3.48. The SMILES string of the molecule is CC(C)(C)NC(=O)c1ccc(NC(=O)Cc2ccc(C(=O)O)cc2)cc1. The first-order chi connectivity index (χ1) is 12.1. The van der Waals surface area contributed by atoms with Crippen LogP contribution in [0.2, 0.25) is 0 Å². The van der Waals surface area contributed by atoms with Crippen molar-refractivity contribution < 1.29 is 19.5 Å². The maximum absolute atomic E-state index is 12.1. The summed E-state index contributed by atoms with van der Waals surface area (Å²) < 4.78 is 0. The van der Waals surface area contributed by atoms with E-state index in [1.54, 1.807) is 36.4 Å². The van der Waals surface area contributed by atoms with Gasteiger partial charge in [-0.05, 0) is 62.7 Å². The van der Waals surface area contributed by atoms with Crippen LogP contribution in [0.3, 0.4) is 0 Å². The van der Waals surface area contributed by atoms with E-state index in [0.29, 0.717) is 16.8 Å². The molecule has 0 aliphatic heterocycles. The summed E-state index contributed by atoms with van der Waals surface area (Å²) in [5, 5.41) is 14.5. The van der Waals surface area contributed by atoms with Gasteiger partial charge >= 0.3 is 5.97 Å². The van der Waals surface area contributed by atoms with E-state index in [1.807, 2.05) is 20.8 Å². The number of benzene rings is 2.